The predicted molar refractivity (Wildman–Crippen MR) is 115 cm³/mol. The highest BCUT2D eigenvalue weighted by molar-refractivity contribution is 5.94. The molecule has 0 radical (unpaired) electrons. The normalized spacial score (nSPS) is 13.4. The first-order valence-electron chi connectivity index (χ1n) is 9.74. The Balaban J connectivity index is 1.66. The van der Waals surface area contributed by atoms with E-state index in [1.165, 1.54) is 18.3 Å². The molecule has 7 heteroatoms. The Morgan fingerprint density at radius 3 is 2.87 bits per heavy atom. The topological polar surface area (TPSA) is 82.2 Å². The molecule has 1 fully saturated rings. The zero-order valence-electron chi connectivity index (χ0n) is 16.4. The minimum atomic E-state index is -0.428. The Morgan fingerprint density at radius 1 is 1.27 bits per heavy atom. The number of H-pyrrole nitrogens is 1. The molecule has 0 saturated heterocycles. The van der Waals surface area contributed by atoms with Gasteiger partial charge in [0.05, 0.1) is 12.4 Å². The summed E-state index contributed by atoms with van der Waals surface area (Å²) >= 11 is 0. The van der Waals surface area contributed by atoms with Gasteiger partial charge in [0, 0.05) is 29.6 Å². The predicted octanol–water partition coefficient (Wildman–Crippen LogP) is 3.77. The lowest BCUT2D eigenvalue weighted by atomic mass is 9.95. The van der Waals surface area contributed by atoms with E-state index >= 15 is 0 Å². The Labute approximate surface area is 173 Å². The zero-order valence-corrected chi connectivity index (χ0v) is 16.4. The van der Waals surface area contributed by atoms with Crippen LogP contribution in [0, 0.1) is 5.82 Å². The van der Waals surface area contributed by atoms with Gasteiger partial charge in [0.1, 0.15) is 5.82 Å². The van der Waals surface area contributed by atoms with Crippen LogP contribution in [0.3, 0.4) is 0 Å². The lowest BCUT2D eigenvalue weighted by Crippen LogP contribution is -2.25. The largest absolute Gasteiger partial charge is 0.349 e. The first-order chi connectivity index (χ1) is 14.6. The molecule has 0 aliphatic heterocycles. The number of amides is 1. The number of benzene rings is 2. The number of aromatic amines is 1. The van der Waals surface area contributed by atoms with Gasteiger partial charge in [-0.05, 0) is 59.7 Å². The third-order valence-corrected chi connectivity index (χ3v) is 4.87. The molecular weight excluding hydrogens is 381 g/mol. The standard InChI is InChI=1S/C23H22FN5O/c1-2-25-26-12-17-4-3-16(20-13-27-28-14-20)10-18(17)7-15-8-19(11-21(24)9-15)23(30)29-22-5-6-22/h2-4,8-14,22,25H,1,5-7H2,(H,27,28)(H,29,30)/b26-12-. The number of hydrogen-bond acceptors (Lipinski definition) is 4. The molecule has 0 unspecified atom stereocenters. The van der Waals surface area contributed by atoms with Gasteiger partial charge in [-0.2, -0.15) is 10.2 Å². The molecule has 1 aromatic heterocycles. The molecule has 0 spiro atoms. The highest BCUT2D eigenvalue weighted by atomic mass is 19.1. The fourth-order valence-electron chi connectivity index (χ4n) is 3.23. The first kappa shape index (κ1) is 19.6. The van der Waals surface area contributed by atoms with Crippen molar-refractivity contribution in [1.29, 1.82) is 0 Å². The second-order valence-electron chi connectivity index (χ2n) is 7.26. The molecule has 3 aromatic rings. The van der Waals surface area contributed by atoms with Crippen molar-refractivity contribution in [2.75, 3.05) is 0 Å². The molecule has 1 saturated carbocycles. The summed E-state index contributed by atoms with van der Waals surface area (Å²) in [6.45, 7) is 3.58. The number of carbonyl (C=O) groups excluding carboxylic acids is 1. The number of aromatic nitrogens is 2. The fraction of sp³-hybridized carbons (Fsp3) is 0.174. The average Bonchev–Trinajstić information content (AvgIpc) is 3.37. The van der Waals surface area contributed by atoms with E-state index in [9.17, 15) is 9.18 Å². The number of nitrogens with zero attached hydrogens (tertiary/aromatic N) is 2. The van der Waals surface area contributed by atoms with Gasteiger partial charge in [0.15, 0.2) is 0 Å². The monoisotopic (exact) mass is 403 g/mol. The van der Waals surface area contributed by atoms with Crippen molar-refractivity contribution in [1.82, 2.24) is 20.9 Å². The maximum Gasteiger partial charge on any atom is 0.251 e. The van der Waals surface area contributed by atoms with E-state index in [-0.39, 0.29) is 11.9 Å². The second kappa shape index (κ2) is 8.73. The van der Waals surface area contributed by atoms with Crippen LogP contribution in [0.5, 0.6) is 0 Å². The summed E-state index contributed by atoms with van der Waals surface area (Å²) in [5.74, 6) is -0.662. The zero-order chi connectivity index (χ0) is 20.9. The van der Waals surface area contributed by atoms with Crippen LogP contribution in [0.2, 0.25) is 0 Å². The Hall–Kier alpha value is -3.74. The number of carbonyl (C=O) groups is 1. The van der Waals surface area contributed by atoms with Crippen LogP contribution in [0.4, 0.5) is 4.39 Å². The molecule has 1 aliphatic carbocycles. The van der Waals surface area contributed by atoms with Gasteiger partial charge >= 0.3 is 0 Å². The van der Waals surface area contributed by atoms with Crippen LogP contribution in [0.25, 0.3) is 11.1 Å². The number of nitrogens with one attached hydrogen (secondary N) is 3. The van der Waals surface area contributed by atoms with Gasteiger partial charge in [-0.15, -0.1) is 0 Å². The van der Waals surface area contributed by atoms with Gasteiger partial charge in [-0.3, -0.25) is 15.3 Å². The summed E-state index contributed by atoms with van der Waals surface area (Å²) < 4.78 is 14.3. The molecular formula is C23H22FN5O. The summed E-state index contributed by atoms with van der Waals surface area (Å²) in [6.07, 6.45) is 9.14. The summed E-state index contributed by atoms with van der Waals surface area (Å²) in [6, 6.07) is 10.6. The smallest absolute Gasteiger partial charge is 0.251 e. The van der Waals surface area contributed by atoms with E-state index in [1.54, 1.807) is 18.5 Å². The Kier molecular flexibility index (Phi) is 5.70. The first-order valence-corrected chi connectivity index (χ1v) is 9.74. The fourth-order valence-corrected chi connectivity index (χ4v) is 3.23. The minimum Gasteiger partial charge on any atom is -0.349 e. The van der Waals surface area contributed by atoms with Crippen molar-refractivity contribution < 1.29 is 9.18 Å². The van der Waals surface area contributed by atoms with E-state index < -0.39 is 5.82 Å². The lowest BCUT2D eigenvalue weighted by Gasteiger charge is -2.11. The molecule has 0 atom stereocenters. The van der Waals surface area contributed by atoms with Crippen LogP contribution in [0.15, 0.2) is 66.7 Å². The number of hydrazone groups is 1. The molecule has 30 heavy (non-hydrogen) atoms. The number of hydrogen-bond donors (Lipinski definition) is 3. The third-order valence-electron chi connectivity index (χ3n) is 4.87. The van der Waals surface area contributed by atoms with Crippen molar-refractivity contribution >= 4 is 12.1 Å². The summed E-state index contributed by atoms with van der Waals surface area (Å²) in [5.41, 5.74) is 7.51. The molecule has 1 aliphatic rings. The molecule has 152 valence electrons. The number of halogens is 1. The van der Waals surface area contributed by atoms with Crippen LogP contribution < -0.4 is 10.7 Å². The Bertz CT molecular complexity index is 1090. The molecule has 4 rings (SSSR count). The second-order valence-corrected chi connectivity index (χ2v) is 7.26. The lowest BCUT2D eigenvalue weighted by molar-refractivity contribution is 0.0950. The van der Waals surface area contributed by atoms with Crippen LogP contribution in [0.1, 0.15) is 39.9 Å². The van der Waals surface area contributed by atoms with Crippen molar-refractivity contribution in [2.24, 2.45) is 5.10 Å². The highest BCUT2D eigenvalue weighted by Crippen LogP contribution is 2.24. The SMILES string of the molecule is C=CN/N=C\c1ccc(-c2cn[nH]c2)cc1Cc1cc(F)cc(C(=O)NC2CC2)c1. The minimum absolute atomic E-state index is 0.219. The summed E-state index contributed by atoms with van der Waals surface area (Å²) in [7, 11) is 0. The van der Waals surface area contributed by atoms with Crippen LogP contribution >= 0.6 is 0 Å². The van der Waals surface area contributed by atoms with E-state index in [2.05, 4.69) is 32.6 Å². The quantitative estimate of drug-likeness (QED) is 0.396. The highest BCUT2D eigenvalue weighted by Gasteiger charge is 2.24. The van der Waals surface area contributed by atoms with Crippen molar-refractivity contribution in [3.8, 4) is 11.1 Å². The van der Waals surface area contributed by atoms with E-state index in [4.69, 9.17) is 0 Å². The van der Waals surface area contributed by atoms with Gasteiger partial charge < -0.3 is 5.32 Å². The van der Waals surface area contributed by atoms with Gasteiger partial charge in [-0.1, -0.05) is 24.8 Å². The molecule has 2 aromatic carbocycles. The van der Waals surface area contributed by atoms with Crippen molar-refractivity contribution in [2.45, 2.75) is 25.3 Å². The molecule has 0 bridgehead atoms. The van der Waals surface area contributed by atoms with E-state index in [0.717, 1.165) is 35.1 Å². The average molecular weight is 403 g/mol. The van der Waals surface area contributed by atoms with Crippen molar-refractivity contribution in [3.05, 3.63) is 89.6 Å². The summed E-state index contributed by atoms with van der Waals surface area (Å²) in [5, 5.41) is 13.8. The van der Waals surface area contributed by atoms with E-state index in [0.29, 0.717) is 17.5 Å². The maximum atomic E-state index is 14.3. The van der Waals surface area contributed by atoms with Gasteiger partial charge in [-0.25, -0.2) is 4.39 Å². The van der Waals surface area contributed by atoms with Crippen LogP contribution in [-0.4, -0.2) is 28.4 Å². The van der Waals surface area contributed by atoms with E-state index in [1.807, 2.05) is 24.4 Å². The summed E-state index contributed by atoms with van der Waals surface area (Å²) in [4.78, 5) is 12.4. The molecule has 3 N–H and O–H groups in total. The molecule has 1 amide bonds. The third kappa shape index (κ3) is 4.81. The molecule has 1 heterocycles. The van der Waals surface area contributed by atoms with Gasteiger partial charge in [0.2, 0.25) is 0 Å². The van der Waals surface area contributed by atoms with Gasteiger partial charge in [0.25, 0.3) is 5.91 Å². The Morgan fingerprint density at radius 2 is 2.13 bits per heavy atom. The maximum absolute atomic E-state index is 14.3. The number of rotatable bonds is 8. The van der Waals surface area contributed by atoms with Crippen molar-refractivity contribution in [3.63, 3.8) is 0 Å². The van der Waals surface area contributed by atoms with Crippen LogP contribution in [-0.2, 0) is 6.42 Å². The molecule has 6 nitrogen and oxygen atoms in total.